The first-order valence-electron chi connectivity index (χ1n) is 7.70. The quantitative estimate of drug-likeness (QED) is 0.302. The monoisotopic (exact) mass is 304 g/mol. The topological polar surface area (TPSA) is 82.1 Å². The molecule has 0 saturated carbocycles. The Morgan fingerprint density at radius 3 is 2.14 bits per heavy atom. The zero-order chi connectivity index (χ0) is 15.9. The molecule has 0 aliphatic rings. The summed E-state index contributed by atoms with van der Waals surface area (Å²) >= 11 is 0. The number of carbonyl (C=O) groups is 2. The second-order valence-electron chi connectivity index (χ2n) is 4.66. The Bertz CT molecular complexity index is 273. The van der Waals surface area contributed by atoms with Gasteiger partial charge in [-0.3, -0.25) is 9.59 Å². The number of carboxylic acids is 1. The number of hydrogen-bond acceptors (Lipinski definition) is 5. The molecule has 0 saturated heterocycles. The molecule has 0 aliphatic carbocycles. The van der Waals surface area contributed by atoms with Gasteiger partial charge in [0.05, 0.1) is 6.61 Å². The summed E-state index contributed by atoms with van der Waals surface area (Å²) in [6, 6.07) is 0. The smallest absolute Gasteiger partial charge is 0.305 e. The largest absolute Gasteiger partial charge is 0.481 e. The predicted molar refractivity (Wildman–Crippen MR) is 78.0 cm³/mol. The number of ether oxygens (including phenoxy) is 3. The SMILES string of the molecule is CCOC(CCCCOC(=O)CCCCC(=O)O)OCC. The van der Waals surface area contributed by atoms with Crippen LogP contribution in [0.2, 0.25) is 0 Å². The van der Waals surface area contributed by atoms with Crippen molar-refractivity contribution in [3.63, 3.8) is 0 Å². The van der Waals surface area contributed by atoms with E-state index in [-0.39, 0.29) is 25.1 Å². The number of esters is 1. The van der Waals surface area contributed by atoms with Crippen LogP contribution in [0.4, 0.5) is 0 Å². The Kier molecular flexibility index (Phi) is 13.1. The lowest BCUT2D eigenvalue weighted by Gasteiger charge is -2.16. The van der Waals surface area contributed by atoms with Crippen LogP contribution in [0.3, 0.4) is 0 Å². The summed E-state index contributed by atoms with van der Waals surface area (Å²) in [5, 5.41) is 8.46. The van der Waals surface area contributed by atoms with Crippen LogP contribution in [0.25, 0.3) is 0 Å². The van der Waals surface area contributed by atoms with E-state index in [1.54, 1.807) is 0 Å². The Balaban J connectivity index is 3.47. The molecule has 6 heteroatoms. The Labute approximate surface area is 126 Å². The average Bonchev–Trinajstić information content (AvgIpc) is 2.43. The highest BCUT2D eigenvalue weighted by Gasteiger charge is 2.08. The van der Waals surface area contributed by atoms with Crippen molar-refractivity contribution in [3.8, 4) is 0 Å². The fourth-order valence-electron chi connectivity index (χ4n) is 1.80. The lowest BCUT2D eigenvalue weighted by atomic mass is 10.2. The molecule has 6 nitrogen and oxygen atoms in total. The molecular formula is C15H28O6. The van der Waals surface area contributed by atoms with Gasteiger partial charge in [-0.15, -0.1) is 0 Å². The van der Waals surface area contributed by atoms with E-state index in [4.69, 9.17) is 19.3 Å². The van der Waals surface area contributed by atoms with Gasteiger partial charge in [-0.1, -0.05) is 0 Å². The van der Waals surface area contributed by atoms with Gasteiger partial charge in [0.15, 0.2) is 6.29 Å². The molecule has 0 radical (unpaired) electrons. The van der Waals surface area contributed by atoms with Crippen molar-refractivity contribution < 1.29 is 28.9 Å². The van der Waals surface area contributed by atoms with Gasteiger partial charge in [-0.05, 0) is 46.0 Å². The van der Waals surface area contributed by atoms with E-state index in [9.17, 15) is 9.59 Å². The molecule has 0 amide bonds. The van der Waals surface area contributed by atoms with Crippen molar-refractivity contribution in [3.05, 3.63) is 0 Å². The molecular weight excluding hydrogens is 276 g/mol. The molecule has 0 atom stereocenters. The number of hydrogen-bond donors (Lipinski definition) is 1. The molecule has 1 N–H and O–H groups in total. The van der Waals surface area contributed by atoms with Gasteiger partial charge >= 0.3 is 11.9 Å². The number of unbranched alkanes of at least 4 members (excludes halogenated alkanes) is 2. The summed E-state index contributed by atoms with van der Waals surface area (Å²) in [5.41, 5.74) is 0. The highest BCUT2D eigenvalue weighted by Crippen LogP contribution is 2.08. The maximum Gasteiger partial charge on any atom is 0.305 e. The van der Waals surface area contributed by atoms with Gasteiger partial charge in [0.25, 0.3) is 0 Å². The van der Waals surface area contributed by atoms with Crippen molar-refractivity contribution in [1.29, 1.82) is 0 Å². The highest BCUT2D eigenvalue weighted by atomic mass is 16.7. The zero-order valence-electron chi connectivity index (χ0n) is 13.1. The van der Waals surface area contributed by atoms with Crippen molar-refractivity contribution in [2.75, 3.05) is 19.8 Å². The van der Waals surface area contributed by atoms with E-state index in [2.05, 4.69) is 0 Å². The van der Waals surface area contributed by atoms with E-state index in [0.717, 1.165) is 19.3 Å². The normalized spacial score (nSPS) is 10.8. The van der Waals surface area contributed by atoms with E-state index in [0.29, 0.717) is 32.7 Å². The molecule has 124 valence electrons. The minimum atomic E-state index is -0.832. The minimum absolute atomic E-state index is 0.101. The Morgan fingerprint density at radius 1 is 0.952 bits per heavy atom. The Hall–Kier alpha value is -1.14. The van der Waals surface area contributed by atoms with Crippen LogP contribution in [0.1, 0.15) is 58.8 Å². The van der Waals surface area contributed by atoms with Gasteiger partial charge in [0.2, 0.25) is 0 Å². The summed E-state index contributed by atoms with van der Waals surface area (Å²) in [5.74, 6) is -1.09. The fourth-order valence-corrected chi connectivity index (χ4v) is 1.80. The van der Waals surface area contributed by atoms with Gasteiger partial charge < -0.3 is 19.3 Å². The fraction of sp³-hybridized carbons (Fsp3) is 0.867. The molecule has 0 fully saturated rings. The lowest BCUT2D eigenvalue weighted by molar-refractivity contribution is -0.145. The highest BCUT2D eigenvalue weighted by molar-refractivity contribution is 5.69. The molecule has 0 aromatic carbocycles. The maximum atomic E-state index is 11.4. The maximum absolute atomic E-state index is 11.4. The first kappa shape index (κ1) is 19.9. The van der Waals surface area contributed by atoms with Crippen LogP contribution in [0.15, 0.2) is 0 Å². The standard InChI is InChI=1S/C15H28O6/c1-3-19-15(20-4-2)11-7-8-12-21-14(18)10-6-5-9-13(16)17/h15H,3-12H2,1-2H3,(H,16,17). The van der Waals surface area contributed by atoms with Crippen LogP contribution in [-0.2, 0) is 23.8 Å². The zero-order valence-corrected chi connectivity index (χ0v) is 13.1. The minimum Gasteiger partial charge on any atom is -0.481 e. The summed E-state index contributed by atoms with van der Waals surface area (Å²) in [6.45, 7) is 5.49. The first-order valence-corrected chi connectivity index (χ1v) is 7.70. The second-order valence-corrected chi connectivity index (χ2v) is 4.66. The van der Waals surface area contributed by atoms with Gasteiger partial charge in [-0.2, -0.15) is 0 Å². The first-order chi connectivity index (χ1) is 10.1. The van der Waals surface area contributed by atoms with Crippen LogP contribution in [0, 0.1) is 0 Å². The van der Waals surface area contributed by atoms with Gasteiger partial charge in [0, 0.05) is 26.1 Å². The molecule has 0 bridgehead atoms. The summed E-state index contributed by atoms with van der Waals surface area (Å²) in [4.78, 5) is 21.7. The van der Waals surface area contributed by atoms with Crippen LogP contribution in [0.5, 0.6) is 0 Å². The summed E-state index contributed by atoms with van der Waals surface area (Å²) < 4.78 is 15.9. The van der Waals surface area contributed by atoms with Crippen molar-refractivity contribution in [2.24, 2.45) is 0 Å². The predicted octanol–water partition coefficient (Wildman–Crippen LogP) is 2.74. The lowest BCUT2D eigenvalue weighted by Crippen LogP contribution is -2.17. The van der Waals surface area contributed by atoms with Crippen molar-refractivity contribution >= 4 is 11.9 Å². The molecule has 0 spiro atoms. The number of aliphatic carboxylic acids is 1. The number of carbonyl (C=O) groups excluding carboxylic acids is 1. The van der Waals surface area contributed by atoms with Gasteiger partial charge in [0.1, 0.15) is 0 Å². The molecule has 0 aromatic heterocycles. The molecule has 21 heavy (non-hydrogen) atoms. The van der Waals surface area contributed by atoms with E-state index in [1.165, 1.54) is 0 Å². The van der Waals surface area contributed by atoms with Crippen LogP contribution < -0.4 is 0 Å². The van der Waals surface area contributed by atoms with Crippen LogP contribution in [-0.4, -0.2) is 43.2 Å². The molecule has 0 unspecified atom stereocenters. The summed E-state index contributed by atoms with van der Waals surface area (Å²) in [7, 11) is 0. The average molecular weight is 304 g/mol. The van der Waals surface area contributed by atoms with E-state index < -0.39 is 5.97 Å². The third-order valence-corrected chi connectivity index (χ3v) is 2.82. The third kappa shape index (κ3) is 13.6. The molecule has 0 heterocycles. The van der Waals surface area contributed by atoms with E-state index in [1.807, 2.05) is 13.8 Å². The van der Waals surface area contributed by atoms with Crippen molar-refractivity contribution in [1.82, 2.24) is 0 Å². The van der Waals surface area contributed by atoms with Crippen LogP contribution >= 0.6 is 0 Å². The Morgan fingerprint density at radius 2 is 1.57 bits per heavy atom. The third-order valence-electron chi connectivity index (χ3n) is 2.82. The number of carboxylic acid groups (broad SMARTS) is 1. The second kappa shape index (κ2) is 13.8. The summed E-state index contributed by atoms with van der Waals surface area (Å²) in [6.07, 6.45) is 3.71. The van der Waals surface area contributed by atoms with E-state index >= 15 is 0 Å². The molecule has 0 aliphatic heterocycles. The van der Waals surface area contributed by atoms with Crippen molar-refractivity contribution in [2.45, 2.75) is 65.1 Å². The molecule has 0 rings (SSSR count). The van der Waals surface area contributed by atoms with Gasteiger partial charge in [-0.25, -0.2) is 0 Å². The molecule has 0 aromatic rings. The number of rotatable bonds is 14.